The van der Waals surface area contributed by atoms with Gasteiger partial charge in [-0.05, 0) is 25.7 Å². The lowest BCUT2D eigenvalue weighted by molar-refractivity contribution is -0.143. The molecule has 18 heavy (non-hydrogen) atoms. The molecule has 0 aromatic carbocycles. The second-order valence-corrected chi connectivity index (χ2v) is 5.58. The number of carbonyl (C=O) groups excluding carboxylic acids is 1. The molecule has 5 heteroatoms. The topological polar surface area (TPSA) is 60.9 Å². The van der Waals surface area contributed by atoms with Crippen LogP contribution in [0.3, 0.4) is 0 Å². The van der Waals surface area contributed by atoms with Crippen molar-refractivity contribution in [2.45, 2.75) is 32.7 Å². The predicted octanol–water partition coefficient (Wildman–Crippen LogP) is 0.650. The molecule has 0 bridgehead atoms. The summed E-state index contributed by atoms with van der Waals surface area (Å²) in [6.07, 6.45) is 2.18. The SMILES string of the molecule is CC1CN(C(C)C(=O)N2CCCC2)CC1C(=O)O. The number of carboxylic acids is 1. The summed E-state index contributed by atoms with van der Waals surface area (Å²) in [4.78, 5) is 27.3. The molecule has 102 valence electrons. The van der Waals surface area contributed by atoms with E-state index in [9.17, 15) is 9.59 Å². The Kier molecular flexibility index (Phi) is 3.90. The molecule has 1 N–H and O–H groups in total. The molecule has 3 unspecified atom stereocenters. The standard InChI is InChI=1S/C13H22N2O3/c1-9-7-15(8-11(9)13(17)18)10(2)12(16)14-5-3-4-6-14/h9-11H,3-8H2,1-2H3,(H,17,18). The largest absolute Gasteiger partial charge is 0.481 e. The van der Waals surface area contributed by atoms with Crippen LogP contribution in [0, 0.1) is 11.8 Å². The first-order valence-electron chi connectivity index (χ1n) is 6.76. The van der Waals surface area contributed by atoms with Gasteiger partial charge in [-0.25, -0.2) is 0 Å². The second-order valence-electron chi connectivity index (χ2n) is 5.58. The van der Waals surface area contributed by atoms with Gasteiger partial charge in [0.05, 0.1) is 12.0 Å². The lowest BCUT2D eigenvalue weighted by atomic mass is 9.99. The van der Waals surface area contributed by atoms with Crippen LogP contribution < -0.4 is 0 Å². The third-order valence-electron chi connectivity index (χ3n) is 4.28. The Labute approximate surface area is 108 Å². The highest BCUT2D eigenvalue weighted by Gasteiger charge is 2.39. The van der Waals surface area contributed by atoms with Gasteiger partial charge in [0.25, 0.3) is 0 Å². The molecule has 0 aromatic heterocycles. The molecule has 0 radical (unpaired) electrons. The Morgan fingerprint density at radius 1 is 1.22 bits per heavy atom. The summed E-state index contributed by atoms with van der Waals surface area (Å²) in [6.45, 7) is 6.77. The summed E-state index contributed by atoms with van der Waals surface area (Å²) >= 11 is 0. The smallest absolute Gasteiger partial charge is 0.308 e. The van der Waals surface area contributed by atoms with Gasteiger partial charge in [-0.2, -0.15) is 0 Å². The molecule has 0 spiro atoms. The van der Waals surface area contributed by atoms with Gasteiger partial charge in [-0.1, -0.05) is 6.92 Å². The van der Waals surface area contributed by atoms with Gasteiger partial charge in [0.15, 0.2) is 0 Å². The van der Waals surface area contributed by atoms with Gasteiger partial charge >= 0.3 is 5.97 Å². The first-order chi connectivity index (χ1) is 8.50. The van der Waals surface area contributed by atoms with E-state index in [4.69, 9.17) is 5.11 Å². The highest BCUT2D eigenvalue weighted by atomic mass is 16.4. The summed E-state index contributed by atoms with van der Waals surface area (Å²) < 4.78 is 0. The molecular weight excluding hydrogens is 232 g/mol. The van der Waals surface area contributed by atoms with Crippen molar-refractivity contribution in [1.29, 1.82) is 0 Å². The van der Waals surface area contributed by atoms with Crippen LogP contribution >= 0.6 is 0 Å². The number of amides is 1. The normalized spacial score (nSPS) is 30.7. The van der Waals surface area contributed by atoms with Crippen molar-refractivity contribution in [3.05, 3.63) is 0 Å². The fourth-order valence-corrected chi connectivity index (χ4v) is 3.00. The quantitative estimate of drug-likeness (QED) is 0.803. The number of carbonyl (C=O) groups is 2. The van der Waals surface area contributed by atoms with Gasteiger partial charge in [-0.15, -0.1) is 0 Å². The molecule has 2 aliphatic heterocycles. The molecule has 2 heterocycles. The molecule has 0 aliphatic carbocycles. The minimum absolute atomic E-state index is 0.122. The van der Waals surface area contributed by atoms with Crippen LogP contribution in [0.25, 0.3) is 0 Å². The molecular formula is C13H22N2O3. The van der Waals surface area contributed by atoms with Crippen molar-refractivity contribution in [2.24, 2.45) is 11.8 Å². The Morgan fingerprint density at radius 2 is 1.83 bits per heavy atom. The number of hydrogen-bond donors (Lipinski definition) is 1. The molecule has 1 amide bonds. The lowest BCUT2D eigenvalue weighted by Gasteiger charge is -2.27. The van der Waals surface area contributed by atoms with Crippen molar-refractivity contribution >= 4 is 11.9 Å². The molecule has 2 rings (SSSR count). The third-order valence-corrected chi connectivity index (χ3v) is 4.28. The Balaban J connectivity index is 1.95. The highest BCUT2D eigenvalue weighted by Crippen LogP contribution is 2.25. The van der Waals surface area contributed by atoms with E-state index >= 15 is 0 Å². The zero-order chi connectivity index (χ0) is 13.3. The fraction of sp³-hybridized carbons (Fsp3) is 0.846. The fourth-order valence-electron chi connectivity index (χ4n) is 3.00. The van der Waals surface area contributed by atoms with Crippen LogP contribution in [-0.4, -0.2) is 59.0 Å². The van der Waals surface area contributed by atoms with Crippen molar-refractivity contribution in [2.75, 3.05) is 26.2 Å². The first-order valence-corrected chi connectivity index (χ1v) is 6.76. The number of carboxylic acid groups (broad SMARTS) is 1. The molecule has 3 atom stereocenters. The van der Waals surface area contributed by atoms with E-state index in [0.717, 1.165) is 25.9 Å². The van der Waals surface area contributed by atoms with E-state index in [1.54, 1.807) is 0 Å². The van der Waals surface area contributed by atoms with Crippen molar-refractivity contribution in [3.63, 3.8) is 0 Å². The third kappa shape index (κ3) is 2.51. The zero-order valence-corrected chi connectivity index (χ0v) is 11.1. The summed E-state index contributed by atoms with van der Waals surface area (Å²) in [5, 5.41) is 9.11. The van der Waals surface area contributed by atoms with Gasteiger partial charge in [0.1, 0.15) is 0 Å². The molecule has 2 fully saturated rings. The van der Waals surface area contributed by atoms with Gasteiger partial charge in [0, 0.05) is 26.2 Å². The lowest BCUT2D eigenvalue weighted by Crippen LogP contribution is -2.45. The van der Waals surface area contributed by atoms with E-state index in [0.29, 0.717) is 13.1 Å². The molecule has 5 nitrogen and oxygen atoms in total. The minimum atomic E-state index is -0.745. The monoisotopic (exact) mass is 254 g/mol. The van der Waals surface area contributed by atoms with Crippen molar-refractivity contribution < 1.29 is 14.7 Å². The first kappa shape index (κ1) is 13.3. The van der Waals surface area contributed by atoms with Crippen LogP contribution in [0.15, 0.2) is 0 Å². The summed E-state index contributed by atoms with van der Waals surface area (Å²) in [5.41, 5.74) is 0. The maximum absolute atomic E-state index is 12.3. The molecule has 0 saturated carbocycles. The number of likely N-dealkylation sites (tertiary alicyclic amines) is 2. The molecule has 0 aromatic rings. The van der Waals surface area contributed by atoms with Crippen LogP contribution in [0.2, 0.25) is 0 Å². The Bertz CT molecular complexity index is 339. The Morgan fingerprint density at radius 3 is 2.33 bits per heavy atom. The van der Waals surface area contributed by atoms with Crippen LogP contribution in [-0.2, 0) is 9.59 Å². The van der Waals surface area contributed by atoms with Crippen molar-refractivity contribution in [1.82, 2.24) is 9.80 Å². The highest BCUT2D eigenvalue weighted by molar-refractivity contribution is 5.82. The maximum atomic E-state index is 12.3. The molecule has 2 aliphatic rings. The van der Waals surface area contributed by atoms with Gasteiger partial charge in [-0.3, -0.25) is 14.5 Å². The van der Waals surface area contributed by atoms with Gasteiger partial charge in [0.2, 0.25) is 5.91 Å². The van der Waals surface area contributed by atoms with E-state index < -0.39 is 5.97 Å². The van der Waals surface area contributed by atoms with E-state index in [1.165, 1.54) is 0 Å². The summed E-state index contributed by atoms with van der Waals surface area (Å²) in [7, 11) is 0. The summed E-state index contributed by atoms with van der Waals surface area (Å²) in [6, 6.07) is -0.185. The van der Waals surface area contributed by atoms with E-state index in [1.807, 2.05) is 23.6 Å². The van der Waals surface area contributed by atoms with Crippen molar-refractivity contribution in [3.8, 4) is 0 Å². The Hall–Kier alpha value is -1.10. The van der Waals surface area contributed by atoms with E-state index in [-0.39, 0.29) is 23.8 Å². The minimum Gasteiger partial charge on any atom is -0.481 e. The maximum Gasteiger partial charge on any atom is 0.308 e. The summed E-state index contributed by atoms with van der Waals surface area (Å²) in [5.74, 6) is -0.799. The second kappa shape index (κ2) is 5.26. The average Bonchev–Trinajstić information content (AvgIpc) is 2.95. The number of nitrogens with zero attached hydrogens (tertiary/aromatic N) is 2. The predicted molar refractivity (Wildman–Crippen MR) is 67.1 cm³/mol. The average molecular weight is 254 g/mol. The zero-order valence-electron chi connectivity index (χ0n) is 11.1. The molecule has 2 saturated heterocycles. The number of rotatable bonds is 3. The van der Waals surface area contributed by atoms with E-state index in [2.05, 4.69) is 0 Å². The van der Waals surface area contributed by atoms with Crippen LogP contribution in [0.5, 0.6) is 0 Å². The van der Waals surface area contributed by atoms with Crippen LogP contribution in [0.4, 0.5) is 0 Å². The number of hydrogen-bond acceptors (Lipinski definition) is 3. The van der Waals surface area contributed by atoms with Crippen LogP contribution in [0.1, 0.15) is 26.7 Å². The van der Waals surface area contributed by atoms with Gasteiger partial charge < -0.3 is 10.0 Å². The number of aliphatic carboxylic acids is 1.